The van der Waals surface area contributed by atoms with Crippen LogP contribution in [0.2, 0.25) is 0 Å². The van der Waals surface area contributed by atoms with E-state index in [1.165, 1.54) is 6.07 Å². The minimum absolute atomic E-state index is 0.0652. The van der Waals surface area contributed by atoms with Crippen molar-refractivity contribution in [3.8, 4) is 16.5 Å². The van der Waals surface area contributed by atoms with Crippen molar-refractivity contribution >= 4 is 28.3 Å². The fourth-order valence-electron chi connectivity index (χ4n) is 3.27. The molecule has 0 bridgehead atoms. The number of benzene rings is 1. The zero-order valence-corrected chi connectivity index (χ0v) is 14.3. The zero-order valence-electron chi connectivity index (χ0n) is 13.5. The number of nitrogens with one attached hydrogen (secondary N) is 2. The smallest absolute Gasteiger partial charge is 0.253 e. The van der Waals surface area contributed by atoms with Crippen LogP contribution in [0.3, 0.4) is 0 Å². The maximum Gasteiger partial charge on any atom is 0.253 e. The van der Waals surface area contributed by atoms with Gasteiger partial charge in [0.2, 0.25) is 0 Å². The highest BCUT2D eigenvalue weighted by Crippen LogP contribution is 2.31. The number of hydrogen-bond donors (Lipinski definition) is 4. The molecular weight excluding hydrogens is 338 g/mol. The van der Waals surface area contributed by atoms with Crippen LogP contribution in [0.1, 0.15) is 36.0 Å². The van der Waals surface area contributed by atoms with Gasteiger partial charge in [-0.2, -0.15) is 0 Å². The summed E-state index contributed by atoms with van der Waals surface area (Å²) in [5.41, 5.74) is 1.38. The Morgan fingerprint density at radius 2 is 2.04 bits per heavy atom. The molecular formula is C18H19N3O3S. The van der Waals surface area contributed by atoms with Gasteiger partial charge in [-0.25, -0.2) is 4.98 Å². The lowest BCUT2D eigenvalue weighted by atomic mass is 9.93. The summed E-state index contributed by atoms with van der Waals surface area (Å²) in [4.78, 5) is 21.3. The molecule has 1 aliphatic carbocycles. The van der Waals surface area contributed by atoms with Crippen LogP contribution < -0.4 is 5.32 Å². The molecule has 0 spiro atoms. The number of aromatic hydroxyl groups is 1. The lowest BCUT2D eigenvalue weighted by Crippen LogP contribution is -2.38. The molecule has 3 aromatic rings. The average molecular weight is 357 g/mol. The van der Waals surface area contributed by atoms with Crippen LogP contribution in [0.4, 0.5) is 0 Å². The maximum absolute atomic E-state index is 12.7. The van der Waals surface area contributed by atoms with Crippen LogP contribution in [0.25, 0.3) is 21.7 Å². The molecule has 4 rings (SSSR count). The first-order valence-corrected chi connectivity index (χ1v) is 9.24. The van der Waals surface area contributed by atoms with Gasteiger partial charge in [-0.15, -0.1) is 11.3 Å². The van der Waals surface area contributed by atoms with Gasteiger partial charge in [0.05, 0.1) is 16.5 Å². The molecule has 2 heterocycles. The highest BCUT2D eigenvalue weighted by molar-refractivity contribution is 7.13. The Labute approximate surface area is 148 Å². The number of thiophene rings is 1. The summed E-state index contributed by atoms with van der Waals surface area (Å²) in [6.45, 7) is 0. The molecule has 1 amide bonds. The second-order valence-electron chi connectivity index (χ2n) is 6.40. The summed E-state index contributed by atoms with van der Waals surface area (Å²) >= 11 is 1.54. The third-order valence-electron chi connectivity index (χ3n) is 4.65. The van der Waals surface area contributed by atoms with Gasteiger partial charge >= 0.3 is 0 Å². The van der Waals surface area contributed by atoms with Crippen LogP contribution in [0, 0.1) is 0 Å². The van der Waals surface area contributed by atoms with E-state index in [9.17, 15) is 15.0 Å². The summed E-state index contributed by atoms with van der Waals surface area (Å²) in [6.07, 6.45) is 2.71. The first kappa shape index (κ1) is 16.1. The van der Waals surface area contributed by atoms with E-state index in [1.807, 2.05) is 17.5 Å². The fourth-order valence-corrected chi connectivity index (χ4v) is 3.94. The van der Waals surface area contributed by atoms with Gasteiger partial charge in [0.1, 0.15) is 22.6 Å². The van der Waals surface area contributed by atoms with E-state index < -0.39 is 0 Å². The largest absolute Gasteiger partial charge is 0.506 e. The Kier molecular flexibility index (Phi) is 4.19. The van der Waals surface area contributed by atoms with Gasteiger partial charge < -0.3 is 20.5 Å². The lowest BCUT2D eigenvalue weighted by molar-refractivity contribution is 0.0869. The van der Waals surface area contributed by atoms with Crippen molar-refractivity contribution < 1.29 is 15.0 Å². The average Bonchev–Trinajstić information content (AvgIpc) is 3.26. The van der Waals surface area contributed by atoms with Crippen LogP contribution in [0.5, 0.6) is 5.75 Å². The molecule has 0 saturated heterocycles. The number of rotatable bonds is 3. The standard InChI is InChI=1S/C18H19N3O3S/c22-11-5-3-10(4-6-11)19-18(24)12-7-8-13(23)16-15(12)20-17(21-16)14-2-1-9-25-14/h1-2,7-11,22-23H,3-6H2,(H,19,24)(H,20,21). The van der Waals surface area contributed by atoms with Crippen molar-refractivity contribution in [2.24, 2.45) is 0 Å². The molecule has 7 heteroatoms. The van der Waals surface area contributed by atoms with E-state index in [-0.39, 0.29) is 23.8 Å². The third kappa shape index (κ3) is 3.12. The highest BCUT2D eigenvalue weighted by Gasteiger charge is 2.23. The minimum Gasteiger partial charge on any atom is -0.506 e. The summed E-state index contributed by atoms with van der Waals surface area (Å²) in [5.74, 6) is 0.514. The Morgan fingerprint density at radius 3 is 2.76 bits per heavy atom. The number of aromatic amines is 1. The summed E-state index contributed by atoms with van der Waals surface area (Å²) < 4.78 is 0. The van der Waals surface area contributed by atoms with Gasteiger partial charge in [-0.05, 0) is 49.3 Å². The van der Waals surface area contributed by atoms with Crippen LogP contribution in [0.15, 0.2) is 29.6 Å². The number of nitrogens with zero attached hydrogens (tertiary/aromatic N) is 1. The quantitative estimate of drug-likeness (QED) is 0.579. The number of carbonyl (C=O) groups is 1. The van der Waals surface area contributed by atoms with Gasteiger partial charge in [0, 0.05) is 6.04 Å². The molecule has 1 aliphatic rings. The predicted molar refractivity (Wildman–Crippen MR) is 96.8 cm³/mol. The Morgan fingerprint density at radius 1 is 1.24 bits per heavy atom. The zero-order chi connectivity index (χ0) is 17.4. The van der Waals surface area contributed by atoms with Crippen molar-refractivity contribution in [3.63, 3.8) is 0 Å². The number of imidazole rings is 1. The molecule has 25 heavy (non-hydrogen) atoms. The summed E-state index contributed by atoms with van der Waals surface area (Å²) in [6, 6.07) is 7.04. The van der Waals surface area contributed by atoms with Crippen LogP contribution >= 0.6 is 11.3 Å². The predicted octanol–water partition coefficient (Wildman–Crippen LogP) is 3.03. The molecule has 0 aliphatic heterocycles. The number of amides is 1. The minimum atomic E-state index is -0.256. The van der Waals surface area contributed by atoms with E-state index in [4.69, 9.17) is 0 Å². The van der Waals surface area contributed by atoms with E-state index in [0.29, 0.717) is 35.3 Å². The first-order valence-electron chi connectivity index (χ1n) is 8.36. The van der Waals surface area contributed by atoms with Crippen molar-refractivity contribution in [2.45, 2.75) is 37.8 Å². The number of aromatic nitrogens is 2. The topological polar surface area (TPSA) is 98.2 Å². The van der Waals surface area contributed by atoms with E-state index in [2.05, 4.69) is 15.3 Å². The monoisotopic (exact) mass is 357 g/mol. The Balaban J connectivity index is 1.65. The number of phenols is 1. The van der Waals surface area contributed by atoms with Crippen LogP contribution in [-0.4, -0.2) is 38.2 Å². The number of H-pyrrole nitrogens is 1. The van der Waals surface area contributed by atoms with Gasteiger partial charge in [-0.1, -0.05) is 6.07 Å². The summed E-state index contributed by atoms with van der Waals surface area (Å²) in [7, 11) is 0. The molecule has 0 radical (unpaired) electrons. The molecule has 2 aromatic heterocycles. The van der Waals surface area contributed by atoms with Crippen LogP contribution in [-0.2, 0) is 0 Å². The molecule has 4 N–H and O–H groups in total. The Hall–Kier alpha value is -2.38. The van der Waals surface area contributed by atoms with Crippen molar-refractivity contribution in [1.82, 2.24) is 15.3 Å². The normalized spacial score (nSPS) is 20.7. The van der Waals surface area contributed by atoms with Crippen molar-refractivity contribution in [2.75, 3.05) is 0 Å². The molecule has 0 atom stereocenters. The van der Waals surface area contributed by atoms with E-state index in [1.54, 1.807) is 17.4 Å². The molecule has 1 fully saturated rings. The number of carbonyl (C=O) groups excluding carboxylic acids is 1. The van der Waals surface area contributed by atoms with Crippen molar-refractivity contribution in [1.29, 1.82) is 0 Å². The SMILES string of the molecule is O=C(NC1CCC(O)CC1)c1ccc(O)c2[nH]c(-c3cccs3)nc12. The highest BCUT2D eigenvalue weighted by atomic mass is 32.1. The second-order valence-corrected chi connectivity index (χ2v) is 7.35. The molecule has 1 saturated carbocycles. The number of phenolic OH excluding ortho intramolecular Hbond substituents is 1. The van der Waals surface area contributed by atoms with Gasteiger partial charge in [0.15, 0.2) is 0 Å². The second kappa shape index (κ2) is 6.50. The number of aliphatic hydroxyl groups is 1. The number of fused-ring (bicyclic) bond motifs is 1. The molecule has 0 unspecified atom stereocenters. The number of aliphatic hydroxyl groups excluding tert-OH is 1. The first-order chi connectivity index (χ1) is 12.1. The Bertz CT molecular complexity index is 896. The van der Waals surface area contributed by atoms with Crippen molar-refractivity contribution in [3.05, 3.63) is 35.2 Å². The van der Waals surface area contributed by atoms with Gasteiger partial charge in [0.25, 0.3) is 5.91 Å². The number of hydrogen-bond acceptors (Lipinski definition) is 5. The fraction of sp³-hybridized carbons (Fsp3) is 0.333. The third-order valence-corrected chi connectivity index (χ3v) is 5.53. The maximum atomic E-state index is 12.7. The summed E-state index contributed by atoms with van der Waals surface area (Å²) in [5, 5.41) is 24.7. The van der Waals surface area contributed by atoms with E-state index >= 15 is 0 Å². The molecule has 130 valence electrons. The molecule has 6 nitrogen and oxygen atoms in total. The molecule has 1 aromatic carbocycles. The van der Waals surface area contributed by atoms with Gasteiger partial charge in [-0.3, -0.25) is 4.79 Å². The van der Waals surface area contributed by atoms with E-state index in [0.717, 1.165) is 17.7 Å². The lowest BCUT2D eigenvalue weighted by Gasteiger charge is -2.26.